The number of hydrogen-bond acceptors (Lipinski definition) is 3. The van der Waals surface area contributed by atoms with Gasteiger partial charge in [-0.2, -0.15) is 13.2 Å². The molecule has 0 radical (unpaired) electrons. The number of aliphatic hydroxyl groups is 1. The van der Waals surface area contributed by atoms with Crippen LogP contribution in [0.25, 0.3) is 0 Å². The molecule has 0 spiro atoms. The van der Waals surface area contributed by atoms with Gasteiger partial charge in [0.25, 0.3) is 0 Å². The molecule has 1 aromatic carbocycles. The van der Waals surface area contributed by atoms with Crippen LogP contribution in [0.1, 0.15) is 44.9 Å². The highest BCUT2D eigenvalue weighted by Gasteiger charge is 2.35. The highest BCUT2D eigenvalue weighted by atomic mass is 19.4. The van der Waals surface area contributed by atoms with E-state index in [0.717, 1.165) is 6.07 Å². The molecule has 0 fully saturated rings. The second kappa shape index (κ2) is 6.77. The molecule has 120 valence electrons. The third-order valence-electron chi connectivity index (χ3n) is 2.79. The van der Waals surface area contributed by atoms with Gasteiger partial charge in [0.2, 0.25) is 0 Å². The fourth-order valence-corrected chi connectivity index (χ4v) is 2.15. The van der Waals surface area contributed by atoms with Crippen LogP contribution in [-0.2, 0) is 10.9 Å². The molecule has 0 aliphatic rings. The predicted molar refractivity (Wildman–Crippen MR) is 74.7 cm³/mol. The predicted octanol–water partition coefficient (Wildman–Crippen LogP) is 3.49. The first-order valence-corrected chi connectivity index (χ1v) is 6.75. The van der Waals surface area contributed by atoms with Crippen molar-refractivity contribution in [1.29, 1.82) is 0 Å². The Hall–Kier alpha value is -1.11. The second-order valence-electron chi connectivity index (χ2n) is 5.86. The van der Waals surface area contributed by atoms with Crippen LogP contribution in [0.5, 0.6) is 0 Å². The van der Waals surface area contributed by atoms with Crippen molar-refractivity contribution in [2.45, 2.75) is 51.7 Å². The van der Waals surface area contributed by atoms with Crippen molar-refractivity contribution < 1.29 is 23.0 Å². The number of aliphatic hydroxyl groups excluding tert-OH is 1. The van der Waals surface area contributed by atoms with Gasteiger partial charge in [-0.1, -0.05) is 18.2 Å². The number of hydrogen-bond donors (Lipinski definition) is 2. The zero-order valence-corrected chi connectivity index (χ0v) is 12.7. The zero-order chi connectivity index (χ0) is 16.3. The summed E-state index contributed by atoms with van der Waals surface area (Å²) in [7, 11) is 0. The van der Waals surface area contributed by atoms with E-state index in [1.54, 1.807) is 6.92 Å². The Morgan fingerprint density at radius 2 is 1.76 bits per heavy atom. The van der Waals surface area contributed by atoms with Gasteiger partial charge in [0, 0.05) is 0 Å². The average molecular weight is 305 g/mol. The zero-order valence-electron chi connectivity index (χ0n) is 12.7. The Bertz CT molecular complexity index is 455. The molecular weight excluding hydrogens is 283 g/mol. The molecule has 3 nitrogen and oxygen atoms in total. The van der Waals surface area contributed by atoms with E-state index in [9.17, 15) is 18.3 Å². The van der Waals surface area contributed by atoms with Crippen molar-refractivity contribution in [3.8, 4) is 0 Å². The first kappa shape index (κ1) is 17.9. The van der Waals surface area contributed by atoms with Gasteiger partial charge in [-0.25, -0.2) is 0 Å². The number of halogens is 3. The molecule has 0 saturated carbocycles. The van der Waals surface area contributed by atoms with Gasteiger partial charge >= 0.3 is 6.18 Å². The van der Waals surface area contributed by atoms with E-state index in [1.807, 2.05) is 20.8 Å². The first-order chi connectivity index (χ1) is 9.54. The van der Waals surface area contributed by atoms with Crippen LogP contribution in [0.3, 0.4) is 0 Å². The largest absolute Gasteiger partial charge is 0.416 e. The normalized spacial score (nSPS) is 15.8. The van der Waals surface area contributed by atoms with Gasteiger partial charge in [-0.05, 0) is 39.3 Å². The first-order valence-electron chi connectivity index (χ1n) is 6.75. The van der Waals surface area contributed by atoms with Gasteiger partial charge in [0.1, 0.15) is 6.23 Å². The summed E-state index contributed by atoms with van der Waals surface area (Å²) in [6.07, 6.45) is -4.96. The number of nitrogens with one attached hydrogen (secondary N) is 1. The average Bonchev–Trinajstić information content (AvgIpc) is 2.32. The van der Waals surface area contributed by atoms with E-state index < -0.39 is 36.2 Å². The minimum Gasteiger partial charge on any atom is -0.394 e. The van der Waals surface area contributed by atoms with Crippen molar-refractivity contribution in [1.82, 2.24) is 5.32 Å². The quantitative estimate of drug-likeness (QED) is 0.818. The molecule has 1 rings (SSSR count). The SMILES string of the molecule is CC(NC(CO)c1ccccc1C(F)(F)F)OC(C)(C)C. The van der Waals surface area contributed by atoms with E-state index >= 15 is 0 Å². The Kier molecular flexibility index (Phi) is 5.78. The van der Waals surface area contributed by atoms with Crippen molar-refractivity contribution >= 4 is 0 Å². The summed E-state index contributed by atoms with van der Waals surface area (Å²) in [5, 5.41) is 12.3. The van der Waals surface area contributed by atoms with Crippen LogP contribution >= 0.6 is 0 Å². The lowest BCUT2D eigenvalue weighted by atomic mass is 10.00. The molecule has 2 N–H and O–H groups in total. The summed E-state index contributed by atoms with van der Waals surface area (Å²) in [5.74, 6) is 0. The molecule has 0 amide bonds. The molecule has 6 heteroatoms. The molecule has 1 aromatic rings. The molecular formula is C15H22F3NO2. The minimum atomic E-state index is -4.46. The second-order valence-corrected chi connectivity index (χ2v) is 5.86. The summed E-state index contributed by atoms with van der Waals surface area (Å²) in [6.45, 7) is 6.80. The standard InChI is InChI=1S/C15H22F3NO2/c1-10(21-14(2,3)4)19-13(9-20)11-7-5-6-8-12(11)15(16,17)18/h5-8,10,13,19-20H,9H2,1-4H3. The Balaban J connectivity index is 2.96. The number of alkyl halides is 3. The van der Waals surface area contributed by atoms with Crippen LogP contribution in [0.4, 0.5) is 13.2 Å². The molecule has 2 unspecified atom stereocenters. The van der Waals surface area contributed by atoms with E-state index in [1.165, 1.54) is 18.2 Å². The topological polar surface area (TPSA) is 41.5 Å². The Morgan fingerprint density at radius 3 is 2.24 bits per heavy atom. The number of ether oxygens (including phenoxy) is 1. The van der Waals surface area contributed by atoms with Crippen LogP contribution in [0.15, 0.2) is 24.3 Å². The molecule has 0 aliphatic heterocycles. The summed E-state index contributed by atoms with van der Waals surface area (Å²) >= 11 is 0. The van der Waals surface area contributed by atoms with Crippen molar-refractivity contribution in [2.24, 2.45) is 0 Å². The van der Waals surface area contributed by atoms with E-state index in [-0.39, 0.29) is 5.56 Å². The number of benzene rings is 1. The molecule has 0 aromatic heterocycles. The highest BCUT2D eigenvalue weighted by Crippen LogP contribution is 2.34. The maximum Gasteiger partial charge on any atom is 0.416 e. The minimum absolute atomic E-state index is 0.0110. The molecule has 21 heavy (non-hydrogen) atoms. The fourth-order valence-electron chi connectivity index (χ4n) is 2.15. The van der Waals surface area contributed by atoms with Crippen molar-refractivity contribution in [3.05, 3.63) is 35.4 Å². The monoisotopic (exact) mass is 305 g/mol. The van der Waals surface area contributed by atoms with Gasteiger partial charge in [-0.3, -0.25) is 5.32 Å². The molecule has 2 atom stereocenters. The van der Waals surface area contributed by atoms with Crippen LogP contribution in [0.2, 0.25) is 0 Å². The summed E-state index contributed by atoms with van der Waals surface area (Å²) < 4.78 is 44.7. The van der Waals surface area contributed by atoms with Gasteiger partial charge < -0.3 is 9.84 Å². The smallest absolute Gasteiger partial charge is 0.394 e. The molecule has 0 saturated heterocycles. The van der Waals surface area contributed by atoms with E-state index in [2.05, 4.69) is 5.32 Å². The third kappa shape index (κ3) is 5.65. The van der Waals surface area contributed by atoms with Gasteiger partial charge in [0.15, 0.2) is 0 Å². The van der Waals surface area contributed by atoms with E-state index in [4.69, 9.17) is 4.74 Å². The lowest BCUT2D eigenvalue weighted by molar-refractivity contribution is -0.139. The molecule has 0 bridgehead atoms. The fraction of sp³-hybridized carbons (Fsp3) is 0.600. The molecule has 0 heterocycles. The van der Waals surface area contributed by atoms with Gasteiger partial charge in [0.05, 0.1) is 23.8 Å². The number of rotatable bonds is 5. The maximum atomic E-state index is 13.0. The highest BCUT2D eigenvalue weighted by molar-refractivity contribution is 5.32. The van der Waals surface area contributed by atoms with Crippen LogP contribution in [0, 0.1) is 0 Å². The van der Waals surface area contributed by atoms with Gasteiger partial charge in [-0.15, -0.1) is 0 Å². The van der Waals surface area contributed by atoms with E-state index in [0.29, 0.717) is 0 Å². The third-order valence-corrected chi connectivity index (χ3v) is 2.79. The maximum absolute atomic E-state index is 13.0. The summed E-state index contributed by atoms with van der Waals surface area (Å²) in [5.41, 5.74) is -1.17. The summed E-state index contributed by atoms with van der Waals surface area (Å²) in [6, 6.07) is 4.37. The Morgan fingerprint density at radius 1 is 1.19 bits per heavy atom. The van der Waals surface area contributed by atoms with Crippen molar-refractivity contribution in [2.75, 3.05) is 6.61 Å². The van der Waals surface area contributed by atoms with Crippen molar-refractivity contribution in [3.63, 3.8) is 0 Å². The van der Waals surface area contributed by atoms with Crippen LogP contribution in [-0.4, -0.2) is 23.5 Å². The lowest BCUT2D eigenvalue weighted by Crippen LogP contribution is -2.39. The molecule has 0 aliphatic carbocycles. The lowest BCUT2D eigenvalue weighted by Gasteiger charge is -2.29. The Labute approximate surface area is 123 Å². The summed E-state index contributed by atoms with van der Waals surface area (Å²) in [4.78, 5) is 0. The van der Waals surface area contributed by atoms with Crippen LogP contribution < -0.4 is 5.32 Å².